The van der Waals surface area contributed by atoms with Crippen molar-refractivity contribution < 1.29 is 14.1 Å². The van der Waals surface area contributed by atoms with Gasteiger partial charge in [0.25, 0.3) is 5.91 Å². The van der Waals surface area contributed by atoms with E-state index in [0.717, 1.165) is 5.56 Å². The molecule has 0 radical (unpaired) electrons. The lowest BCUT2D eigenvalue weighted by Gasteiger charge is -2.01. The number of nitrogens with zero attached hydrogens (tertiary/aromatic N) is 9. The molecule has 0 atom stereocenters. The van der Waals surface area contributed by atoms with Crippen molar-refractivity contribution in [2.24, 2.45) is 0 Å². The van der Waals surface area contributed by atoms with Crippen molar-refractivity contribution in [3.63, 3.8) is 0 Å². The zero-order chi connectivity index (χ0) is 21.1. The fourth-order valence-electron chi connectivity index (χ4n) is 2.52. The molecule has 0 spiro atoms. The maximum Gasteiger partial charge on any atom is 0.491 e. The van der Waals surface area contributed by atoms with E-state index < -0.39 is 16.8 Å². The Labute approximate surface area is 166 Å². The van der Waals surface area contributed by atoms with E-state index in [9.17, 15) is 19.3 Å². The molecule has 1 aromatic carbocycles. The summed E-state index contributed by atoms with van der Waals surface area (Å²) in [7, 11) is 0. The van der Waals surface area contributed by atoms with E-state index in [0.29, 0.717) is 6.54 Å². The first-order valence-electron chi connectivity index (χ1n) is 8.49. The van der Waals surface area contributed by atoms with E-state index in [4.69, 9.17) is 0 Å². The first kappa shape index (κ1) is 18.9. The summed E-state index contributed by atoms with van der Waals surface area (Å²) in [6.45, 7) is 0.403. The minimum absolute atomic E-state index is 0.0403. The second kappa shape index (κ2) is 7.86. The van der Waals surface area contributed by atoms with E-state index in [1.807, 2.05) is 0 Å². The monoisotopic (exact) mass is 412 g/mol. The maximum atomic E-state index is 13.0. The van der Waals surface area contributed by atoms with Crippen LogP contribution in [0, 0.1) is 15.9 Å². The molecule has 0 bridgehead atoms. The average Bonchev–Trinajstić information content (AvgIpc) is 3.46. The summed E-state index contributed by atoms with van der Waals surface area (Å²) in [4.78, 5) is 29.8. The van der Waals surface area contributed by atoms with Crippen molar-refractivity contribution in [2.75, 3.05) is 5.32 Å². The number of nitro groups is 1. The first-order chi connectivity index (χ1) is 14.5. The van der Waals surface area contributed by atoms with Crippen molar-refractivity contribution in [3.05, 3.63) is 76.4 Å². The van der Waals surface area contributed by atoms with Crippen LogP contribution < -0.4 is 5.32 Å². The number of halogens is 1. The van der Waals surface area contributed by atoms with Crippen LogP contribution >= 0.6 is 0 Å². The van der Waals surface area contributed by atoms with E-state index in [2.05, 4.69) is 30.6 Å². The van der Waals surface area contributed by atoms with Crippen molar-refractivity contribution in [1.82, 2.24) is 39.3 Å². The first-order valence-corrected chi connectivity index (χ1v) is 8.49. The fraction of sp³-hybridized carbons (Fsp3) is 0.125. The highest BCUT2D eigenvalue weighted by Crippen LogP contribution is 2.07. The smallest absolute Gasteiger partial charge is 0.390 e. The van der Waals surface area contributed by atoms with Crippen molar-refractivity contribution in [3.8, 4) is 0 Å². The SMILES string of the molecule is O=C(Nc1ncn(Cc2ccc(F)cc2)n1)c1ccn(Cn2cnc([N+](=O)[O-])n2)n1. The van der Waals surface area contributed by atoms with Gasteiger partial charge in [0.1, 0.15) is 12.1 Å². The molecule has 0 unspecified atom stereocenters. The molecule has 13 nitrogen and oxygen atoms in total. The average molecular weight is 412 g/mol. The highest BCUT2D eigenvalue weighted by Gasteiger charge is 2.15. The zero-order valence-electron chi connectivity index (χ0n) is 15.2. The fourth-order valence-corrected chi connectivity index (χ4v) is 2.52. The van der Waals surface area contributed by atoms with E-state index in [1.54, 1.807) is 12.1 Å². The molecule has 0 saturated heterocycles. The van der Waals surface area contributed by atoms with Crippen LogP contribution in [0.25, 0.3) is 0 Å². The van der Waals surface area contributed by atoms with Gasteiger partial charge in [0, 0.05) is 11.3 Å². The molecule has 30 heavy (non-hydrogen) atoms. The van der Waals surface area contributed by atoms with Crippen LogP contribution in [0.3, 0.4) is 0 Å². The molecule has 1 amide bonds. The number of rotatable bonds is 7. The summed E-state index contributed by atoms with van der Waals surface area (Å²) in [6.07, 6.45) is 4.15. The Bertz CT molecular complexity index is 1200. The highest BCUT2D eigenvalue weighted by atomic mass is 19.1. The predicted molar refractivity (Wildman–Crippen MR) is 97.8 cm³/mol. The van der Waals surface area contributed by atoms with Gasteiger partial charge in [-0.1, -0.05) is 17.1 Å². The lowest BCUT2D eigenvalue weighted by molar-refractivity contribution is -0.394. The number of amides is 1. The van der Waals surface area contributed by atoms with Gasteiger partial charge in [-0.15, -0.1) is 5.10 Å². The van der Waals surface area contributed by atoms with Crippen molar-refractivity contribution >= 4 is 17.8 Å². The maximum absolute atomic E-state index is 13.0. The topological polar surface area (TPSA) is 151 Å². The number of aromatic nitrogens is 8. The number of carbonyl (C=O) groups is 1. The van der Waals surface area contributed by atoms with Gasteiger partial charge in [0.15, 0.2) is 12.4 Å². The standard InChI is InChI=1S/C16H13FN10O3/c17-12-3-1-11(2-4-12)7-25-8-18-15(22-25)20-14(28)13-5-6-24(21-13)10-26-9-19-16(23-26)27(29)30/h1-6,8-9H,7,10H2,(H,20,22,28). The summed E-state index contributed by atoms with van der Waals surface area (Å²) >= 11 is 0. The third-order valence-corrected chi connectivity index (χ3v) is 3.87. The molecule has 0 saturated carbocycles. The molecule has 14 heteroatoms. The Morgan fingerprint density at radius 3 is 2.53 bits per heavy atom. The number of benzene rings is 1. The van der Waals surface area contributed by atoms with Crippen LogP contribution in [0.15, 0.2) is 49.2 Å². The Morgan fingerprint density at radius 2 is 1.80 bits per heavy atom. The van der Waals surface area contributed by atoms with Crippen molar-refractivity contribution in [2.45, 2.75) is 13.2 Å². The normalized spacial score (nSPS) is 10.8. The second-order valence-electron chi connectivity index (χ2n) is 6.07. The van der Waals surface area contributed by atoms with Gasteiger partial charge in [0.05, 0.1) is 6.54 Å². The molecule has 0 aliphatic heterocycles. The van der Waals surface area contributed by atoms with Gasteiger partial charge < -0.3 is 10.1 Å². The van der Waals surface area contributed by atoms with E-state index in [1.165, 1.54) is 51.1 Å². The van der Waals surface area contributed by atoms with E-state index >= 15 is 0 Å². The lowest BCUT2D eigenvalue weighted by atomic mass is 10.2. The van der Waals surface area contributed by atoms with Gasteiger partial charge in [-0.2, -0.15) is 9.78 Å². The van der Waals surface area contributed by atoms with Gasteiger partial charge in [-0.05, 0) is 28.7 Å². The molecule has 152 valence electrons. The van der Waals surface area contributed by atoms with Gasteiger partial charge in [-0.25, -0.2) is 18.7 Å². The molecular weight excluding hydrogens is 399 g/mol. The molecule has 4 aromatic rings. The molecule has 0 fully saturated rings. The van der Waals surface area contributed by atoms with Crippen LogP contribution in [-0.4, -0.2) is 50.1 Å². The third kappa shape index (κ3) is 4.32. The van der Waals surface area contributed by atoms with Crippen LogP contribution in [0.2, 0.25) is 0 Å². The van der Waals surface area contributed by atoms with Gasteiger partial charge >= 0.3 is 5.95 Å². The van der Waals surface area contributed by atoms with Crippen LogP contribution in [0.4, 0.5) is 16.3 Å². The number of carbonyl (C=O) groups excluding carboxylic acids is 1. The second-order valence-corrected chi connectivity index (χ2v) is 6.07. The summed E-state index contributed by atoms with van der Waals surface area (Å²) in [5.74, 6) is -1.30. The Kier molecular flexibility index (Phi) is 4.94. The number of hydrogen-bond acceptors (Lipinski definition) is 8. The molecule has 1 N–H and O–H groups in total. The number of anilines is 1. The minimum Gasteiger partial charge on any atom is -0.390 e. The van der Waals surface area contributed by atoms with E-state index in [-0.39, 0.29) is 24.1 Å². The Balaban J connectivity index is 1.36. The lowest BCUT2D eigenvalue weighted by Crippen LogP contribution is -2.16. The van der Waals surface area contributed by atoms with Crippen LogP contribution in [0.1, 0.15) is 16.1 Å². The Morgan fingerprint density at radius 1 is 1.03 bits per heavy atom. The summed E-state index contributed by atoms with van der Waals surface area (Å²) < 4.78 is 17.0. The Hall–Kier alpha value is -4.49. The largest absolute Gasteiger partial charge is 0.491 e. The molecule has 3 aromatic heterocycles. The summed E-state index contributed by atoms with van der Waals surface area (Å²) in [5, 5.41) is 25.0. The molecule has 0 aliphatic carbocycles. The third-order valence-electron chi connectivity index (χ3n) is 3.87. The minimum atomic E-state index is -0.708. The molecule has 3 heterocycles. The van der Waals surface area contributed by atoms with Crippen LogP contribution in [0.5, 0.6) is 0 Å². The zero-order valence-corrected chi connectivity index (χ0v) is 15.2. The predicted octanol–water partition coefficient (Wildman–Crippen LogP) is 0.920. The van der Waals surface area contributed by atoms with Gasteiger partial charge in [-0.3, -0.25) is 10.1 Å². The number of hydrogen-bond donors (Lipinski definition) is 1. The molecular formula is C16H13FN10O3. The van der Waals surface area contributed by atoms with Crippen LogP contribution in [-0.2, 0) is 13.2 Å². The molecule has 0 aliphatic rings. The quantitative estimate of drug-likeness (QED) is 0.347. The summed E-state index contributed by atoms with van der Waals surface area (Å²) in [6, 6.07) is 7.43. The molecule has 4 rings (SSSR count). The number of nitrogens with one attached hydrogen (secondary N) is 1. The van der Waals surface area contributed by atoms with Crippen molar-refractivity contribution in [1.29, 1.82) is 0 Å². The summed E-state index contributed by atoms with van der Waals surface area (Å²) in [5.41, 5.74) is 0.922. The highest BCUT2D eigenvalue weighted by molar-refractivity contribution is 6.01. The van der Waals surface area contributed by atoms with Gasteiger partial charge in [0.2, 0.25) is 12.3 Å².